The summed E-state index contributed by atoms with van der Waals surface area (Å²) in [7, 11) is 0. The van der Waals surface area contributed by atoms with Gasteiger partial charge >= 0.3 is 6.18 Å². The lowest BCUT2D eigenvalue weighted by atomic mass is 10.1. The maximum atomic E-state index is 12.4. The van der Waals surface area contributed by atoms with Crippen LogP contribution in [0.1, 0.15) is 38.1 Å². The van der Waals surface area contributed by atoms with Gasteiger partial charge in [-0.1, -0.05) is 19.1 Å². The number of alkyl halides is 3. The highest BCUT2D eigenvalue weighted by atomic mass is 19.4. The van der Waals surface area contributed by atoms with Gasteiger partial charge in [-0.3, -0.25) is 0 Å². The predicted molar refractivity (Wildman–Crippen MR) is 44.8 cm³/mol. The van der Waals surface area contributed by atoms with E-state index < -0.39 is 11.9 Å². The molecule has 0 aromatic carbocycles. The van der Waals surface area contributed by atoms with Crippen LogP contribution in [0.5, 0.6) is 0 Å². The molecule has 0 amide bonds. The van der Waals surface area contributed by atoms with Gasteiger partial charge in [0, 0.05) is 6.54 Å². The Morgan fingerprint density at radius 1 is 1.36 bits per heavy atom. The molecule has 1 aromatic heterocycles. The molecule has 0 aliphatic heterocycles. The molecule has 14 heavy (non-hydrogen) atoms. The van der Waals surface area contributed by atoms with Crippen LogP contribution in [0, 0.1) is 0 Å². The molecule has 1 heterocycles. The lowest BCUT2D eigenvalue weighted by Crippen LogP contribution is -2.12. The van der Waals surface area contributed by atoms with Crippen molar-refractivity contribution in [3.05, 3.63) is 11.4 Å². The molecule has 0 saturated carbocycles. The zero-order valence-electron chi connectivity index (χ0n) is 8.26. The second-order valence-corrected chi connectivity index (χ2v) is 3.29. The highest BCUT2D eigenvalue weighted by molar-refractivity contribution is 5.17. The van der Waals surface area contributed by atoms with Gasteiger partial charge in [0.1, 0.15) is 0 Å². The molecule has 1 rings (SSSR count). The highest BCUT2D eigenvalue weighted by Gasteiger charge is 2.38. The minimum Gasteiger partial charge on any atom is -0.249 e. The molecule has 0 aliphatic carbocycles. The Bertz CT molecular complexity index is 314. The molecule has 0 N–H and O–H groups in total. The van der Waals surface area contributed by atoms with Gasteiger partial charge in [-0.05, 0) is 12.8 Å². The molecular formula is C8H12F3N3. The quantitative estimate of drug-likeness (QED) is 0.745. The summed E-state index contributed by atoms with van der Waals surface area (Å²) >= 11 is 0. The van der Waals surface area contributed by atoms with Crippen LogP contribution >= 0.6 is 0 Å². The van der Waals surface area contributed by atoms with E-state index in [0.717, 1.165) is 0 Å². The lowest BCUT2D eigenvalue weighted by molar-refractivity contribution is -0.142. The summed E-state index contributed by atoms with van der Waals surface area (Å²) in [6, 6.07) is 0. The summed E-state index contributed by atoms with van der Waals surface area (Å²) < 4.78 is 38.6. The molecule has 80 valence electrons. The van der Waals surface area contributed by atoms with Crippen molar-refractivity contribution in [1.82, 2.24) is 15.0 Å². The Kier molecular flexibility index (Phi) is 2.82. The standard InChI is InChI=1S/C8H12F3N3/c1-4-14-6(5(2)3)7(12-13-14)8(9,10)11/h5H,4H2,1-3H3. The van der Waals surface area contributed by atoms with Gasteiger partial charge < -0.3 is 0 Å². The maximum absolute atomic E-state index is 12.4. The second-order valence-electron chi connectivity index (χ2n) is 3.29. The number of aromatic nitrogens is 3. The van der Waals surface area contributed by atoms with Crippen molar-refractivity contribution in [2.45, 2.75) is 39.4 Å². The lowest BCUT2D eigenvalue weighted by Gasteiger charge is -2.10. The van der Waals surface area contributed by atoms with E-state index in [-0.39, 0.29) is 11.6 Å². The van der Waals surface area contributed by atoms with Crippen LogP contribution in [-0.2, 0) is 12.7 Å². The topological polar surface area (TPSA) is 30.7 Å². The largest absolute Gasteiger partial charge is 0.437 e. The second kappa shape index (κ2) is 3.59. The van der Waals surface area contributed by atoms with E-state index in [4.69, 9.17) is 0 Å². The number of nitrogens with zero attached hydrogens (tertiary/aromatic N) is 3. The minimum atomic E-state index is -4.41. The summed E-state index contributed by atoms with van der Waals surface area (Å²) in [4.78, 5) is 0. The van der Waals surface area contributed by atoms with E-state index in [9.17, 15) is 13.2 Å². The fraction of sp³-hybridized carbons (Fsp3) is 0.750. The Morgan fingerprint density at radius 3 is 2.29 bits per heavy atom. The van der Waals surface area contributed by atoms with E-state index in [2.05, 4.69) is 10.3 Å². The fourth-order valence-electron chi connectivity index (χ4n) is 1.33. The van der Waals surface area contributed by atoms with Gasteiger partial charge in [-0.15, -0.1) is 5.10 Å². The number of rotatable bonds is 2. The predicted octanol–water partition coefficient (Wildman–Crippen LogP) is 2.44. The first-order valence-corrected chi connectivity index (χ1v) is 4.38. The van der Waals surface area contributed by atoms with Gasteiger partial charge in [0.15, 0.2) is 5.69 Å². The van der Waals surface area contributed by atoms with E-state index in [1.807, 2.05) is 0 Å². The Hall–Kier alpha value is -1.07. The van der Waals surface area contributed by atoms with Gasteiger partial charge in [-0.25, -0.2) is 4.68 Å². The average molecular weight is 207 g/mol. The summed E-state index contributed by atoms with van der Waals surface area (Å²) in [5.74, 6) is -0.235. The summed E-state index contributed by atoms with van der Waals surface area (Å²) in [5.41, 5.74) is -0.714. The molecule has 0 saturated heterocycles. The van der Waals surface area contributed by atoms with E-state index >= 15 is 0 Å². The molecule has 1 aromatic rings. The van der Waals surface area contributed by atoms with Crippen molar-refractivity contribution in [2.75, 3.05) is 0 Å². The van der Waals surface area contributed by atoms with E-state index in [1.165, 1.54) is 4.68 Å². The minimum absolute atomic E-state index is 0.153. The zero-order valence-corrected chi connectivity index (χ0v) is 8.26. The van der Waals surface area contributed by atoms with Crippen molar-refractivity contribution in [3.8, 4) is 0 Å². The number of halogens is 3. The summed E-state index contributed by atoms with van der Waals surface area (Å²) in [5, 5.41) is 6.64. The maximum Gasteiger partial charge on any atom is 0.437 e. The molecule has 3 nitrogen and oxygen atoms in total. The Balaban J connectivity index is 3.25. The first-order chi connectivity index (χ1) is 6.38. The molecule has 0 aliphatic rings. The first-order valence-electron chi connectivity index (χ1n) is 4.38. The van der Waals surface area contributed by atoms with Crippen LogP contribution in [0.2, 0.25) is 0 Å². The van der Waals surface area contributed by atoms with Gasteiger partial charge in [0.2, 0.25) is 0 Å². The van der Waals surface area contributed by atoms with Crippen molar-refractivity contribution < 1.29 is 13.2 Å². The Labute approximate surface area is 79.9 Å². The fourth-order valence-corrected chi connectivity index (χ4v) is 1.33. The SMILES string of the molecule is CCn1nnc(C(F)(F)F)c1C(C)C. The molecule has 6 heteroatoms. The molecule has 0 unspecified atom stereocenters. The van der Waals surface area contributed by atoms with Crippen LogP contribution < -0.4 is 0 Å². The third kappa shape index (κ3) is 1.88. The Morgan fingerprint density at radius 2 is 1.93 bits per heavy atom. The van der Waals surface area contributed by atoms with Crippen molar-refractivity contribution in [2.24, 2.45) is 0 Å². The van der Waals surface area contributed by atoms with Gasteiger partial charge in [0.05, 0.1) is 5.69 Å². The normalized spacial score (nSPS) is 12.5. The first kappa shape index (κ1) is 11.0. The van der Waals surface area contributed by atoms with Crippen LogP contribution in [0.4, 0.5) is 13.2 Å². The van der Waals surface area contributed by atoms with Gasteiger partial charge in [-0.2, -0.15) is 13.2 Å². The van der Waals surface area contributed by atoms with Crippen molar-refractivity contribution in [1.29, 1.82) is 0 Å². The molecule has 0 spiro atoms. The van der Waals surface area contributed by atoms with E-state index in [0.29, 0.717) is 6.54 Å². The number of hydrogen-bond donors (Lipinski definition) is 0. The van der Waals surface area contributed by atoms with Crippen molar-refractivity contribution >= 4 is 0 Å². The smallest absolute Gasteiger partial charge is 0.249 e. The van der Waals surface area contributed by atoms with Crippen molar-refractivity contribution in [3.63, 3.8) is 0 Å². The summed E-state index contributed by atoms with van der Waals surface area (Å²) in [6.07, 6.45) is -4.41. The molecule has 0 radical (unpaired) electrons. The molecular weight excluding hydrogens is 195 g/mol. The van der Waals surface area contributed by atoms with Crippen LogP contribution in [-0.4, -0.2) is 15.0 Å². The molecule has 0 fully saturated rings. The number of aryl methyl sites for hydroxylation is 1. The molecule has 0 atom stereocenters. The van der Waals surface area contributed by atoms with Crippen LogP contribution in [0.3, 0.4) is 0 Å². The third-order valence-electron chi connectivity index (χ3n) is 1.89. The molecule has 0 bridgehead atoms. The number of hydrogen-bond acceptors (Lipinski definition) is 2. The zero-order chi connectivity index (χ0) is 10.9. The monoisotopic (exact) mass is 207 g/mol. The van der Waals surface area contributed by atoms with Gasteiger partial charge in [0.25, 0.3) is 0 Å². The highest BCUT2D eigenvalue weighted by Crippen LogP contribution is 2.33. The van der Waals surface area contributed by atoms with E-state index in [1.54, 1.807) is 20.8 Å². The van der Waals surface area contributed by atoms with Crippen LogP contribution in [0.25, 0.3) is 0 Å². The third-order valence-corrected chi connectivity index (χ3v) is 1.89. The van der Waals surface area contributed by atoms with Crippen LogP contribution in [0.15, 0.2) is 0 Å². The summed E-state index contributed by atoms with van der Waals surface area (Å²) in [6.45, 7) is 5.53. The average Bonchev–Trinajstić information content (AvgIpc) is 2.45.